The number of hydrogen-bond donors (Lipinski definition) is 2. The number of urea groups is 1. The fraction of sp³-hybridized carbons (Fsp3) is 0.250. The van der Waals surface area contributed by atoms with Gasteiger partial charge in [-0.1, -0.05) is 23.7 Å². The van der Waals surface area contributed by atoms with E-state index in [4.69, 9.17) is 23.2 Å². The van der Waals surface area contributed by atoms with E-state index in [0.717, 1.165) is 12.0 Å². The van der Waals surface area contributed by atoms with Crippen LogP contribution in [0.5, 0.6) is 0 Å². The molecule has 2 amide bonds. The molecule has 0 aliphatic heterocycles. The van der Waals surface area contributed by atoms with Gasteiger partial charge in [-0.15, -0.1) is 11.6 Å². The summed E-state index contributed by atoms with van der Waals surface area (Å²) in [5.41, 5.74) is 0.929. The number of alkyl halides is 1. The van der Waals surface area contributed by atoms with Crippen LogP contribution >= 0.6 is 23.2 Å². The standard InChI is InChI=1S/C12H14Cl2N2O/c13-6-2-7-15-12(17)16-8-5-10-3-1-4-11(14)9-10/h1,3-5,8-9H,2,6-7H2,(H2,15,16,17)/b8-5+. The smallest absolute Gasteiger partial charge is 0.318 e. The maximum Gasteiger partial charge on any atom is 0.318 e. The summed E-state index contributed by atoms with van der Waals surface area (Å²) in [6.07, 6.45) is 4.10. The average molecular weight is 273 g/mol. The van der Waals surface area contributed by atoms with Gasteiger partial charge in [-0.05, 0) is 30.2 Å². The van der Waals surface area contributed by atoms with Crippen molar-refractivity contribution in [3.8, 4) is 0 Å². The highest BCUT2D eigenvalue weighted by Crippen LogP contribution is 2.11. The number of halogens is 2. The van der Waals surface area contributed by atoms with Gasteiger partial charge in [-0.3, -0.25) is 0 Å². The number of rotatable bonds is 5. The van der Waals surface area contributed by atoms with Gasteiger partial charge in [0.15, 0.2) is 0 Å². The first-order valence-corrected chi connectivity index (χ1v) is 6.16. The van der Waals surface area contributed by atoms with Gasteiger partial charge >= 0.3 is 6.03 Å². The highest BCUT2D eigenvalue weighted by atomic mass is 35.5. The molecule has 0 heterocycles. The Kier molecular flexibility index (Phi) is 6.51. The summed E-state index contributed by atoms with van der Waals surface area (Å²) in [6.45, 7) is 0.570. The lowest BCUT2D eigenvalue weighted by atomic mass is 10.2. The fourth-order valence-corrected chi connectivity index (χ4v) is 1.48. The van der Waals surface area contributed by atoms with Crippen LogP contribution in [-0.2, 0) is 0 Å². The number of carbonyl (C=O) groups is 1. The van der Waals surface area contributed by atoms with E-state index in [1.165, 1.54) is 0 Å². The molecule has 1 rings (SSSR count). The van der Waals surface area contributed by atoms with E-state index in [9.17, 15) is 4.79 Å². The molecule has 0 bridgehead atoms. The van der Waals surface area contributed by atoms with Crippen LogP contribution < -0.4 is 10.6 Å². The van der Waals surface area contributed by atoms with Crippen molar-refractivity contribution < 1.29 is 4.79 Å². The Labute approximate surface area is 111 Å². The minimum atomic E-state index is -0.242. The summed E-state index contributed by atoms with van der Waals surface area (Å²) < 4.78 is 0. The number of amides is 2. The van der Waals surface area contributed by atoms with Gasteiger partial charge in [0, 0.05) is 23.6 Å². The molecule has 0 aliphatic rings. The second kappa shape index (κ2) is 7.98. The van der Waals surface area contributed by atoms with Gasteiger partial charge in [0.2, 0.25) is 0 Å². The summed E-state index contributed by atoms with van der Waals surface area (Å²) in [7, 11) is 0. The third kappa shape index (κ3) is 6.19. The molecule has 0 aromatic heterocycles. The molecule has 17 heavy (non-hydrogen) atoms. The topological polar surface area (TPSA) is 41.1 Å². The molecular weight excluding hydrogens is 259 g/mol. The van der Waals surface area contributed by atoms with Crippen molar-refractivity contribution >= 4 is 35.3 Å². The van der Waals surface area contributed by atoms with Gasteiger partial charge < -0.3 is 10.6 Å². The van der Waals surface area contributed by atoms with Gasteiger partial charge in [-0.2, -0.15) is 0 Å². The molecule has 0 atom stereocenters. The normalized spacial score (nSPS) is 10.5. The predicted molar refractivity (Wildman–Crippen MR) is 72.4 cm³/mol. The average Bonchev–Trinajstić information content (AvgIpc) is 2.29. The highest BCUT2D eigenvalue weighted by Gasteiger charge is 1.94. The van der Waals surface area contributed by atoms with Crippen molar-refractivity contribution in [1.29, 1.82) is 0 Å². The summed E-state index contributed by atoms with van der Waals surface area (Å²) in [5.74, 6) is 0.540. The molecule has 92 valence electrons. The van der Waals surface area contributed by atoms with Crippen molar-refractivity contribution in [2.24, 2.45) is 0 Å². The number of carbonyl (C=O) groups excluding carboxylic acids is 1. The maximum absolute atomic E-state index is 11.2. The molecule has 1 aromatic rings. The number of nitrogens with one attached hydrogen (secondary N) is 2. The van der Waals surface area contributed by atoms with Crippen LogP contribution in [0.4, 0.5) is 4.79 Å². The van der Waals surface area contributed by atoms with E-state index >= 15 is 0 Å². The summed E-state index contributed by atoms with van der Waals surface area (Å²) in [6, 6.07) is 7.11. The highest BCUT2D eigenvalue weighted by molar-refractivity contribution is 6.30. The van der Waals surface area contributed by atoms with Crippen LogP contribution in [0.3, 0.4) is 0 Å². The summed E-state index contributed by atoms with van der Waals surface area (Å²) in [5, 5.41) is 5.93. The molecule has 3 nitrogen and oxygen atoms in total. The minimum absolute atomic E-state index is 0.242. The van der Waals surface area contributed by atoms with E-state index in [0.29, 0.717) is 17.4 Å². The zero-order valence-corrected chi connectivity index (χ0v) is 10.8. The van der Waals surface area contributed by atoms with Crippen LogP contribution in [0.1, 0.15) is 12.0 Å². The van der Waals surface area contributed by atoms with E-state index in [-0.39, 0.29) is 6.03 Å². The Hall–Kier alpha value is -1.19. The monoisotopic (exact) mass is 272 g/mol. The van der Waals surface area contributed by atoms with Crippen molar-refractivity contribution in [1.82, 2.24) is 10.6 Å². The van der Waals surface area contributed by atoms with Gasteiger partial charge in [0.25, 0.3) is 0 Å². The second-order valence-corrected chi connectivity index (χ2v) is 4.15. The van der Waals surface area contributed by atoms with E-state index in [2.05, 4.69) is 10.6 Å². The zero-order chi connectivity index (χ0) is 12.5. The Morgan fingerprint density at radius 2 is 2.24 bits per heavy atom. The Bertz CT molecular complexity index is 394. The third-order valence-corrected chi connectivity index (χ3v) is 2.44. The molecule has 2 N–H and O–H groups in total. The fourth-order valence-electron chi connectivity index (χ4n) is 1.14. The van der Waals surface area contributed by atoms with Gasteiger partial charge in [-0.25, -0.2) is 4.79 Å². The van der Waals surface area contributed by atoms with E-state index in [1.54, 1.807) is 18.3 Å². The van der Waals surface area contributed by atoms with Crippen molar-refractivity contribution in [2.45, 2.75) is 6.42 Å². The zero-order valence-electron chi connectivity index (χ0n) is 9.25. The molecule has 5 heteroatoms. The molecule has 1 aromatic carbocycles. The van der Waals surface area contributed by atoms with Crippen LogP contribution in [0, 0.1) is 0 Å². The Balaban J connectivity index is 2.32. The maximum atomic E-state index is 11.2. The molecule has 0 spiro atoms. The number of hydrogen-bond acceptors (Lipinski definition) is 1. The van der Waals surface area contributed by atoms with Gasteiger partial charge in [0.05, 0.1) is 0 Å². The van der Waals surface area contributed by atoms with Crippen molar-refractivity contribution in [2.75, 3.05) is 12.4 Å². The Morgan fingerprint density at radius 1 is 1.41 bits per heavy atom. The van der Waals surface area contributed by atoms with Crippen molar-refractivity contribution in [3.63, 3.8) is 0 Å². The lowest BCUT2D eigenvalue weighted by Crippen LogP contribution is -2.32. The first-order chi connectivity index (χ1) is 8.22. The van der Waals surface area contributed by atoms with Crippen LogP contribution in [0.25, 0.3) is 6.08 Å². The first-order valence-electron chi connectivity index (χ1n) is 5.25. The molecule has 0 radical (unpaired) electrons. The quantitative estimate of drug-likeness (QED) is 0.627. The molecule has 0 aliphatic carbocycles. The van der Waals surface area contributed by atoms with Crippen molar-refractivity contribution in [3.05, 3.63) is 41.1 Å². The molecule has 0 saturated carbocycles. The lowest BCUT2D eigenvalue weighted by molar-refractivity contribution is 0.244. The number of benzene rings is 1. The van der Waals surface area contributed by atoms with E-state index in [1.807, 2.05) is 18.2 Å². The predicted octanol–water partition coefficient (Wildman–Crippen LogP) is 3.24. The van der Waals surface area contributed by atoms with E-state index < -0.39 is 0 Å². The second-order valence-electron chi connectivity index (χ2n) is 3.33. The first kappa shape index (κ1) is 13.9. The SMILES string of the molecule is O=C(N/C=C/c1cccc(Cl)c1)NCCCCl. The molecule has 0 unspecified atom stereocenters. The Morgan fingerprint density at radius 3 is 2.94 bits per heavy atom. The molecular formula is C12H14Cl2N2O. The van der Waals surface area contributed by atoms with Crippen LogP contribution in [0.15, 0.2) is 30.5 Å². The minimum Gasteiger partial charge on any atom is -0.338 e. The molecule has 0 fully saturated rings. The lowest BCUT2D eigenvalue weighted by Gasteiger charge is -2.02. The third-order valence-electron chi connectivity index (χ3n) is 1.93. The summed E-state index contributed by atoms with van der Waals surface area (Å²) >= 11 is 11.3. The molecule has 0 saturated heterocycles. The van der Waals surface area contributed by atoms with Gasteiger partial charge in [0.1, 0.15) is 0 Å². The van der Waals surface area contributed by atoms with Crippen LogP contribution in [0.2, 0.25) is 5.02 Å². The largest absolute Gasteiger partial charge is 0.338 e. The summed E-state index contributed by atoms with van der Waals surface area (Å²) in [4.78, 5) is 11.2. The van der Waals surface area contributed by atoms with Crippen LogP contribution in [-0.4, -0.2) is 18.5 Å².